The molecule has 0 aliphatic carbocycles. The highest BCUT2D eigenvalue weighted by Crippen LogP contribution is 2.29. The Labute approximate surface area is 165 Å². The van der Waals surface area contributed by atoms with Crippen molar-refractivity contribution in [1.82, 2.24) is 19.7 Å². The first-order valence-electron chi connectivity index (χ1n) is 8.20. The summed E-state index contributed by atoms with van der Waals surface area (Å²) in [6, 6.07) is 8.50. The molecule has 4 nitrogen and oxygen atoms in total. The number of benzene rings is 1. The number of fused-ring (bicyclic) bond motifs is 1. The monoisotopic (exact) mass is 410 g/mol. The first kappa shape index (κ1) is 19.0. The van der Waals surface area contributed by atoms with E-state index < -0.39 is 0 Å². The van der Waals surface area contributed by atoms with Gasteiger partial charge in [-0.2, -0.15) is 5.10 Å². The second-order valence-corrected chi connectivity index (χ2v) is 10.4. The third-order valence-electron chi connectivity index (χ3n) is 3.81. The summed E-state index contributed by atoms with van der Waals surface area (Å²) in [6.07, 6.45) is 0. The van der Waals surface area contributed by atoms with E-state index in [2.05, 4.69) is 56.0 Å². The SMILES string of the molecule is CC(C)CSc1nn(CN(C)[C@H](C)c2nc3ccccc3s2)c(=S)s1. The molecule has 0 saturated carbocycles. The fourth-order valence-corrected chi connectivity index (χ4v) is 5.64. The van der Waals surface area contributed by atoms with Crippen LogP contribution in [0.4, 0.5) is 0 Å². The Hall–Kier alpha value is -0.800. The van der Waals surface area contributed by atoms with Gasteiger partial charge in [0, 0.05) is 5.75 Å². The van der Waals surface area contributed by atoms with Crippen molar-refractivity contribution in [3.8, 4) is 0 Å². The topological polar surface area (TPSA) is 34.0 Å². The number of hydrogen-bond donors (Lipinski definition) is 0. The quantitative estimate of drug-likeness (QED) is 0.369. The second-order valence-electron chi connectivity index (χ2n) is 6.43. The Morgan fingerprint density at radius 1 is 1.24 bits per heavy atom. The summed E-state index contributed by atoms with van der Waals surface area (Å²) in [5.74, 6) is 1.72. The lowest BCUT2D eigenvalue weighted by Gasteiger charge is -2.22. The molecule has 3 rings (SSSR count). The molecule has 134 valence electrons. The van der Waals surface area contributed by atoms with Gasteiger partial charge >= 0.3 is 0 Å². The number of nitrogens with zero attached hydrogens (tertiary/aromatic N) is 4. The fourth-order valence-electron chi connectivity index (χ4n) is 2.26. The largest absolute Gasteiger partial charge is 0.278 e. The molecule has 0 spiro atoms. The molecule has 2 heterocycles. The molecule has 8 heteroatoms. The van der Waals surface area contributed by atoms with Crippen LogP contribution in [0.1, 0.15) is 31.8 Å². The number of hydrogen-bond acceptors (Lipinski definition) is 7. The van der Waals surface area contributed by atoms with Crippen molar-refractivity contribution in [3.05, 3.63) is 33.2 Å². The van der Waals surface area contributed by atoms with Crippen LogP contribution in [0.2, 0.25) is 0 Å². The van der Waals surface area contributed by atoms with E-state index in [0.29, 0.717) is 12.6 Å². The molecule has 0 fully saturated rings. The van der Waals surface area contributed by atoms with Crippen molar-refractivity contribution in [3.63, 3.8) is 0 Å². The van der Waals surface area contributed by atoms with Crippen LogP contribution in [0.5, 0.6) is 0 Å². The summed E-state index contributed by atoms with van der Waals surface area (Å²) in [7, 11) is 2.10. The molecule has 25 heavy (non-hydrogen) atoms. The second kappa shape index (κ2) is 8.26. The van der Waals surface area contributed by atoms with Crippen LogP contribution in [0.3, 0.4) is 0 Å². The maximum absolute atomic E-state index is 5.49. The highest BCUT2D eigenvalue weighted by Gasteiger charge is 2.17. The molecule has 0 unspecified atom stereocenters. The highest BCUT2D eigenvalue weighted by molar-refractivity contribution is 8.01. The van der Waals surface area contributed by atoms with Crippen LogP contribution in [-0.4, -0.2) is 32.5 Å². The molecule has 1 atom stereocenters. The molecule has 0 aliphatic heterocycles. The molecule has 0 N–H and O–H groups in total. The predicted octanol–water partition coefficient (Wildman–Crippen LogP) is 5.68. The molecular weight excluding hydrogens is 388 g/mol. The van der Waals surface area contributed by atoms with E-state index in [1.54, 1.807) is 34.4 Å². The Balaban J connectivity index is 1.70. The van der Waals surface area contributed by atoms with E-state index in [-0.39, 0.29) is 6.04 Å². The predicted molar refractivity (Wildman–Crippen MR) is 112 cm³/mol. The van der Waals surface area contributed by atoms with Gasteiger partial charge in [-0.1, -0.05) is 49.1 Å². The summed E-state index contributed by atoms with van der Waals surface area (Å²) in [4.78, 5) is 7.01. The molecule has 1 aromatic carbocycles. The van der Waals surface area contributed by atoms with Crippen molar-refractivity contribution in [2.24, 2.45) is 5.92 Å². The molecule has 0 radical (unpaired) electrons. The van der Waals surface area contributed by atoms with E-state index in [1.165, 1.54) is 4.70 Å². The van der Waals surface area contributed by atoms with Gasteiger partial charge in [-0.3, -0.25) is 4.90 Å². The van der Waals surface area contributed by atoms with Crippen LogP contribution in [0.25, 0.3) is 10.2 Å². The van der Waals surface area contributed by atoms with Crippen molar-refractivity contribution < 1.29 is 0 Å². The maximum Gasteiger partial charge on any atom is 0.181 e. The summed E-state index contributed by atoms with van der Waals surface area (Å²) < 4.78 is 5.04. The summed E-state index contributed by atoms with van der Waals surface area (Å²) in [5, 5.41) is 5.80. The van der Waals surface area contributed by atoms with Crippen molar-refractivity contribution in [2.45, 2.75) is 37.8 Å². The molecular formula is C17H22N4S4. The third kappa shape index (κ3) is 4.68. The zero-order valence-electron chi connectivity index (χ0n) is 14.8. The maximum atomic E-state index is 5.49. The van der Waals surface area contributed by atoms with Gasteiger partial charge < -0.3 is 0 Å². The Morgan fingerprint density at radius 2 is 2.00 bits per heavy atom. The first-order valence-corrected chi connectivity index (χ1v) is 11.2. The highest BCUT2D eigenvalue weighted by atomic mass is 32.2. The molecule has 0 bridgehead atoms. The number of para-hydroxylation sites is 1. The molecule has 0 saturated heterocycles. The van der Waals surface area contributed by atoms with Crippen LogP contribution in [-0.2, 0) is 6.67 Å². The van der Waals surface area contributed by atoms with E-state index in [9.17, 15) is 0 Å². The Kier molecular flexibility index (Phi) is 6.27. The van der Waals surface area contributed by atoms with Gasteiger partial charge in [0.1, 0.15) is 5.01 Å². The molecule has 0 amide bonds. The number of thiazole rings is 1. The lowest BCUT2D eigenvalue weighted by molar-refractivity contribution is 0.194. The van der Waals surface area contributed by atoms with Crippen LogP contribution in [0.15, 0.2) is 28.6 Å². The summed E-state index contributed by atoms with van der Waals surface area (Å²) in [6.45, 7) is 7.30. The zero-order valence-corrected chi connectivity index (χ0v) is 18.1. The molecule has 3 aromatic rings. The normalized spacial score (nSPS) is 13.2. The van der Waals surface area contributed by atoms with Gasteiger partial charge in [-0.25, -0.2) is 9.67 Å². The lowest BCUT2D eigenvalue weighted by Crippen LogP contribution is -2.26. The standard InChI is InChI=1S/C17H22N4S4/c1-11(2)9-23-16-19-21(17(22)25-16)10-20(4)12(3)15-18-13-7-5-6-8-14(13)24-15/h5-8,11-12H,9-10H2,1-4H3/t12-/m1/s1. The average Bonchev–Trinajstić information content (AvgIpc) is 3.16. The smallest absolute Gasteiger partial charge is 0.181 e. The minimum Gasteiger partial charge on any atom is -0.278 e. The van der Waals surface area contributed by atoms with Gasteiger partial charge in [-0.15, -0.1) is 11.3 Å². The van der Waals surface area contributed by atoms with Gasteiger partial charge in [0.15, 0.2) is 8.29 Å². The van der Waals surface area contributed by atoms with E-state index in [4.69, 9.17) is 17.2 Å². The minimum absolute atomic E-state index is 0.216. The summed E-state index contributed by atoms with van der Waals surface area (Å²) >= 11 is 10.6. The number of thioether (sulfide) groups is 1. The van der Waals surface area contributed by atoms with E-state index in [0.717, 1.165) is 24.6 Å². The lowest BCUT2D eigenvalue weighted by atomic mass is 10.3. The summed E-state index contributed by atoms with van der Waals surface area (Å²) in [5.41, 5.74) is 1.07. The zero-order chi connectivity index (χ0) is 18.0. The van der Waals surface area contributed by atoms with Gasteiger partial charge in [0.2, 0.25) is 0 Å². The minimum atomic E-state index is 0.216. The van der Waals surface area contributed by atoms with Crippen LogP contribution < -0.4 is 0 Å². The van der Waals surface area contributed by atoms with Crippen molar-refractivity contribution in [2.75, 3.05) is 12.8 Å². The van der Waals surface area contributed by atoms with Gasteiger partial charge in [-0.05, 0) is 44.2 Å². The van der Waals surface area contributed by atoms with Crippen LogP contribution >= 0.6 is 46.7 Å². The average molecular weight is 411 g/mol. The number of rotatable bonds is 7. The van der Waals surface area contributed by atoms with Crippen molar-refractivity contribution in [1.29, 1.82) is 0 Å². The van der Waals surface area contributed by atoms with Crippen LogP contribution in [0, 0.1) is 9.87 Å². The molecule has 0 aliphatic rings. The van der Waals surface area contributed by atoms with E-state index >= 15 is 0 Å². The van der Waals surface area contributed by atoms with Gasteiger partial charge in [0.05, 0.1) is 22.9 Å². The van der Waals surface area contributed by atoms with E-state index in [1.807, 2.05) is 10.7 Å². The Morgan fingerprint density at radius 3 is 2.72 bits per heavy atom. The fraction of sp³-hybridized carbons (Fsp3) is 0.471. The Bertz CT molecular complexity index is 862. The molecule has 2 aromatic heterocycles. The number of aromatic nitrogens is 3. The first-order chi connectivity index (χ1) is 11.9. The third-order valence-corrected chi connectivity index (χ3v) is 7.89. The van der Waals surface area contributed by atoms with Gasteiger partial charge in [0.25, 0.3) is 0 Å². The van der Waals surface area contributed by atoms with Crippen molar-refractivity contribution >= 4 is 56.9 Å².